The van der Waals surface area contributed by atoms with Gasteiger partial charge in [0.2, 0.25) is 11.8 Å². The quantitative estimate of drug-likeness (QED) is 0.214. The predicted molar refractivity (Wildman–Crippen MR) is 152 cm³/mol. The minimum Gasteiger partial charge on any atom is -0.494 e. The molecule has 0 saturated heterocycles. The molecule has 1 unspecified atom stereocenters. The Morgan fingerprint density at radius 2 is 1.79 bits per heavy atom. The van der Waals surface area contributed by atoms with E-state index in [0.717, 1.165) is 29.8 Å². The molecule has 2 amide bonds. The van der Waals surface area contributed by atoms with E-state index < -0.39 is 11.8 Å². The molecular formula is C30H43FN4O4. The molecular weight excluding hydrogens is 499 g/mol. The van der Waals surface area contributed by atoms with E-state index in [1.807, 2.05) is 30.3 Å². The van der Waals surface area contributed by atoms with Crippen LogP contribution in [0.2, 0.25) is 0 Å². The van der Waals surface area contributed by atoms with Crippen molar-refractivity contribution in [3.05, 3.63) is 65.5 Å². The van der Waals surface area contributed by atoms with Gasteiger partial charge in [-0.15, -0.1) is 0 Å². The predicted octanol–water partition coefficient (Wildman–Crippen LogP) is 4.68. The van der Waals surface area contributed by atoms with Gasteiger partial charge in [0.05, 0.1) is 7.11 Å². The Morgan fingerprint density at radius 1 is 1.10 bits per heavy atom. The number of hydrogen-bond donors (Lipinski definition) is 3. The highest BCUT2D eigenvalue weighted by Gasteiger charge is 2.15. The van der Waals surface area contributed by atoms with Crippen molar-refractivity contribution in [1.29, 1.82) is 0 Å². The fraction of sp³-hybridized carbons (Fsp3) is 0.467. The Hall–Kier alpha value is -3.75. The molecule has 1 atom stereocenters. The van der Waals surface area contributed by atoms with Crippen LogP contribution in [0.4, 0.5) is 4.39 Å². The van der Waals surface area contributed by atoms with Crippen LogP contribution >= 0.6 is 0 Å². The maximum Gasteiger partial charge on any atom is 0.249 e. The zero-order chi connectivity index (χ0) is 27.8. The van der Waals surface area contributed by atoms with E-state index in [2.05, 4.69) is 10.3 Å². The van der Waals surface area contributed by atoms with Crippen LogP contribution < -0.4 is 21.5 Å². The number of halogens is 1. The number of benzene rings is 2. The van der Waals surface area contributed by atoms with E-state index >= 15 is 0 Å². The van der Waals surface area contributed by atoms with Crippen LogP contribution in [0.1, 0.15) is 69.9 Å². The van der Waals surface area contributed by atoms with Crippen molar-refractivity contribution in [2.45, 2.75) is 71.8 Å². The van der Waals surface area contributed by atoms with Crippen LogP contribution in [-0.2, 0) is 27.3 Å². The van der Waals surface area contributed by atoms with Gasteiger partial charge in [-0.25, -0.2) is 4.39 Å². The summed E-state index contributed by atoms with van der Waals surface area (Å²) in [5.41, 5.74) is 12.0. The smallest absolute Gasteiger partial charge is 0.249 e. The highest BCUT2D eigenvalue weighted by atomic mass is 19.1. The van der Waals surface area contributed by atoms with Crippen molar-refractivity contribution in [3.63, 3.8) is 0 Å². The number of carbonyl (C=O) groups is 3. The van der Waals surface area contributed by atoms with Gasteiger partial charge in [0.15, 0.2) is 17.5 Å². The van der Waals surface area contributed by atoms with Crippen LogP contribution in [0.3, 0.4) is 0 Å². The molecule has 1 aliphatic carbocycles. The lowest BCUT2D eigenvalue weighted by Gasteiger charge is -2.21. The maximum atomic E-state index is 13.3. The van der Waals surface area contributed by atoms with Gasteiger partial charge < -0.3 is 26.3 Å². The summed E-state index contributed by atoms with van der Waals surface area (Å²) < 4.78 is 18.2. The average molecular weight is 543 g/mol. The molecule has 9 heteroatoms. The number of aldehydes is 1. The summed E-state index contributed by atoms with van der Waals surface area (Å²) in [4.78, 5) is 37.4. The number of nitrogens with two attached hydrogens (primary N) is 2. The fourth-order valence-corrected chi connectivity index (χ4v) is 4.41. The number of carbonyl (C=O) groups excluding carboxylic acids is 3. The number of hydrogen-bond acceptors (Lipinski definition) is 4. The van der Waals surface area contributed by atoms with Gasteiger partial charge in [0.1, 0.15) is 6.29 Å². The molecule has 1 fully saturated rings. The molecule has 1 saturated carbocycles. The van der Waals surface area contributed by atoms with E-state index in [1.54, 1.807) is 12.1 Å². The maximum absolute atomic E-state index is 13.3. The molecule has 39 heavy (non-hydrogen) atoms. The number of methoxy groups -OCH3 is 1. The molecule has 0 radical (unpaired) electrons. The molecule has 0 bridgehead atoms. The molecule has 2 aromatic carbocycles. The molecule has 214 valence electrons. The molecule has 0 spiro atoms. The summed E-state index contributed by atoms with van der Waals surface area (Å²) >= 11 is 0. The number of ether oxygens (including phenoxy) is 1. The second-order valence-corrected chi connectivity index (χ2v) is 9.51. The first-order valence-electron chi connectivity index (χ1n) is 13.0. The third-order valence-corrected chi connectivity index (χ3v) is 6.43. The van der Waals surface area contributed by atoms with Gasteiger partial charge in [-0.1, -0.05) is 75.9 Å². The number of amides is 2. The summed E-state index contributed by atoms with van der Waals surface area (Å²) in [6.45, 7) is 0.417. The van der Waals surface area contributed by atoms with E-state index in [1.165, 1.54) is 45.3 Å². The summed E-state index contributed by atoms with van der Waals surface area (Å²) in [6, 6.07) is 14.1. The molecule has 2 aromatic rings. The largest absolute Gasteiger partial charge is 0.494 e. The first-order valence-corrected chi connectivity index (χ1v) is 13.0. The molecule has 0 heterocycles. The summed E-state index contributed by atoms with van der Waals surface area (Å²) in [7, 11) is 1.44. The van der Waals surface area contributed by atoms with Crippen molar-refractivity contribution >= 4 is 24.1 Å². The SMILES string of the molecule is C.COc1cc(CNC(=O)CCC2CCCCC2)ccc1F.NC(N)=NC(=O)CC(C=O)Cc1ccccc1. The Balaban J connectivity index is 0.000000389. The second-order valence-electron chi connectivity index (χ2n) is 9.51. The van der Waals surface area contributed by atoms with Gasteiger partial charge in [-0.3, -0.25) is 9.59 Å². The summed E-state index contributed by atoms with van der Waals surface area (Å²) in [5.74, 6) is -0.529. The molecule has 1 aliphatic rings. The Bertz CT molecular complexity index is 1050. The standard InChI is InChI=1S/C17H24FNO2.C12H15N3O2.CH4/c1-21-16-11-14(7-9-15(16)18)12-19-17(20)10-8-13-5-3-2-4-6-13;13-12(14)15-11(17)7-10(8-16)6-9-4-2-1-3-5-9;/h7,9,11,13H,2-6,8,10,12H2,1H3,(H,19,20);1-5,8,10H,6-7H2,(H4,13,14,15,17);1H4. The zero-order valence-electron chi connectivity index (χ0n) is 22.0. The monoisotopic (exact) mass is 542 g/mol. The van der Waals surface area contributed by atoms with Gasteiger partial charge in [-0.05, 0) is 42.0 Å². The molecule has 0 aliphatic heterocycles. The third-order valence-electron chi connectivity index (χ3n) is 6.43. The normalized spacial score (nSPS) is 13.5. The first-order chi connectivity index (χ1) is 18.3. The average Bonchev–Trinajstić information content (AvgIpc) is 2.92. The Kier molecular flexibility index (Phi) is 15.8. The number of nitrogens with zero attached hydrogens (tertiary/aromatic N) is 1. The molecule has 3 rings (SSSR count). The van der Waals surface area contributed by atoms with Gasteiger partial charge in [0, 0.05) is 25.3 Å². The van der Waals surface area contributed by atoms with Crippen LogP contribution in [0, 0.1) is 17.7 Å². The van der Waals surface area contributed by atoms with E-state index in [-0.39, 0.29) is 37.3 Å². The first kappa shape index (κ1) is 33.3. The van der Waals surface area contributed by atoms with Crippen LogP contribution in [0.5, 0.6) is 5.75 Å². The minimum absolute atomic E-state index is 0. The van der Waals surface area contributed by atoms with Gasteiger partial charge in [0.25, 0.3) is 0 Å². The van der Waals surface area contributed by atoms with Crippen molar-refractivity contribution in [3.8, 4) is 5.75 Å². The topological polar surface area (TPSA) is 137 Å². The summed E-state index contributed by atoms with van der Waals surface area (Å²) in [5, 5.41) is 2.89. The number of nitrogens with one attached hydrogen (secondary N) is 1. The van der Waals surface area contributed by atoms with Crippen LogP contribution in [-0.4, -0.2) is 31.2 Å². The highest BCUT2D eigenvalue weighted by Crippen LogP contribution is 2.27. The van der Waals surface area contributed by atoms with Crippen molar-refractivity contribution in [2.75, 3.05) is 7.11 Å². The van der Waals surface area contributed by atoms with E-state index in [0.29, 0.717) is 19.4 Å². The van der Waals surface area contributed by atoms with Crippen molar-refractivity contribution < 1.29 is 23.5 Å². The number of rotatable bonds is 11. The van der Waals surface area contributed by atoms with Crippen molar-refractivity contribution in [2.24, 2.45) is 28.3 Å². The molecule has 5 N–H and O–H groups in total. The minimum atomic E-state index is -0.474. The highest BCUT2D eigenvalue weighted by molar-refractivity contribution is 5.92. The molecule has 0 aromatic heterocycles. The zero-order valence-corrected chi connectivity index (χ0v) is 22.0. The van der Waals surface area contributed by atoms with Crippen LogP contribution in [0.15, 0.2) is 53.5 Å². The number of guanidine groups is 1. The lowest BCUT2D eigenvalue weighted by atomic mass is 9.86. The van der Waals surface area contributed by atoms with Crippen molar-refractivity contribution in [1.82, 2.24) is 5.32 Å². The number of aliphatic imine (C=N–C) groups is 1. The Morgan fingerprint density at radius 3 is 2.41 bits per heavy atom. The van der Waals surface area contributed by atoms with Crippen LogP contribution in [0.25, 0.3) is 0 Å². The molecule has 8 nitrogen and oxygen atoms in total. The lowest BCUT2D eigenvalue weighted by Crippen LogP contribution is -2.25. The van der Waals surface area contributed by atoms with Gasteiger partial charge >= 0.3 is 0 Å². The lowest BCUT2D eigenvalue weighted by molar-refractivity contribution is -0.122. The van der Waals surface area contributed by atoms with E-state index in [9.17, 15) is 18.8 Å². The fourth-order valence-electron chi connectivity index (χ4n) is 4.41. The summed E-state index contributed by atoms with van der Waals surface area (Å²) in [6.07, 6.45) is 9.35. The van der Waals surface area contributed by atoms with Gasteiger partial charge in [-0.2, -0.15) is 4.99 Å². The van der Waals surface area contributed by atoms with E-state index in [4.69, 9.17) is 16.2 Å². The third kappa shape index (κ3) is 13.6. The second kappa shape index (κ2) is 18.5. The Labute approximate surface area is 231 Å².